The summed E-state index contributed by atoms with van der Waals surface area (Å²) in [7, 11) is 0. The molecule has 7 heteroatoms. The minimum atomic E-state index is -5.26. The van der Waals surface area contributed by atoms with Crippen LogP contribution in [0.1, 0.15) is 33.6 Å². The van der Waals surface area contributed by atoms with Crippen LogP contribution in [0, 0.1) is 0 Å². The van der Waals surface area contributed by atoms with Gasteiger partial charge >= 0.3 is 12.8 Å². The lowest BCUT2D eigenvalue weighted by Gasteiger charge is -2.40. The predicted molar refractivity (Wildman–Crippen MR) is 46.0 cm³/mol. The molecule has 0 heterocycles. The molecule has 2 unspecified atom stereocenters. The molecule has 1 nitrogen and oxygen atoms in total. The molecule has 98 valence electrons. The van der Waals surface area contributed by atoms with Crippen molar-refractivity contribution in [3.63, 3.8) is 0 Å². The third-order valence-electron chi connectivity index (χ3n) is 2.60. The van der Waals surface area contributed by atoms with Crippen molar-refractivity contribution in [2.75, 3.05) is 0 Å². The number of hydrogen-bond acceptors (Lipinski definition) is 1. The van der Waals surface area contributed by atoms with E-state index in [1.807, 2.05) is 0 Å². The molecule has 0 radical (unpaired) electrons. The van der Waals surface area contributed by atoms with Crippen LogP contribution in [0.4, 0.5) is 26.3 Å². The van der Waals surface area contributed by atoms with Crippen molar-refractivity contribution in [2.24, 2.45) is 0 Å². The van der Waals surface area contributed by atoms with Gasteiger partial charge in [0.1, 0.15) is 5.60 Å². The first-order valence-electron chi connectivity index (χ1n) is 4.69. The molecule has 0 amide bonds. The second-order valence-electron chi connectivity index (χ2n) is 3.86. The summed E-state index contributed by atoms with van der Waals surface area (Å²) in [5.41, 5.74) is -6.42. The summed E-state index contributed by atoms with van der Waals surface area (Å²) in [6, 6.07) is 0. The third-order valence-corrected chi connectivity index (χ3v) is 2.60. The second-order valence-corrected chi connectivity index (χ2v) is 3.86. The number of halogens is 6. The highest BCUT2D eigenvalue weighted by Gasteiger charge is 2.64. The largest absolute Gasteiger partial charge is 0.425 e. The number of rotatable bonds is 5. The Bertz CT molecular complexity index is 225. The average molecular weight is 252 g/mol. The molecule has 0 aromatic carbocycles. The quantitative estimate of drug-likeness (QED) is 0.670. The zero-order valence-electron chi connectivity index (χ0n) is 9.17. The maximum Gasteiger partial charge on any atom is 0.425 e. The lowest BCUT2D eigenvalue weighted by Crippen LogP contribution is -2.58. The Morgan fingerprint density at radius 1 is 1.06 bits per heavy atom. The van der Waals surface area contributed by atoms with E-state index in [1.54, 1.807) is 0 Å². The number of hydrogen-bond donors (Lipinski definition) is 0. The van der Waals surface area contributed by atoms with Crippen LogP contribution >= 0.6 is 0 Å². The van der Waals surface area contributed by atoms with Gasteiger partial charge in [0, 0.05) is 0 Å². The SMILES string of the molecule is CCCC(C)(OC(F)F)C(C)(F)C(F)(F)F. The zero-order chi connectivity index (χ0) is 13.2. The Labute approximate surface area is 89.8 Å². The molecular formula is C9H14F6O. The summed E-state index contributed by atoms with van der Waals surface area (Å²) in [6.07, 6.45) is -5.62. The molecule has 0 saturated heterocycles. The average Bonchev–Trinajstić information content (AvgIpc) is 2.00. The van der Waals surface area contributed by atoms with Crippen LogP contribution in [0.25, 0.3) is 0 Å². The third kappa shape index (κ3) is 3.02. The summed E-state index contributed by atoms with van der Waals surface area (Å²) < 4.78 is 78.7. The van der Waals surface area contributed by atoms with Gasteiger partial charge in [-0.1, -0.05) is 13.3 Å². The molecule has 0 rings (SSSR count). The van der Waals surface area contributed by atoms with Crippen molar-refractivity contribution in [2.45, 2.75) is 57.7 Å². The van der Waals surface area contributed by atoms with Gasteiger partial charge in [0.2, 0.25) is 5.67 Å². The molecule has 0 aliphatic heterocycles. The van der Waals surface area contributed by atoms with Crippen LogP contribution in [0.2, 0.25) is 0 Å². The normalized spacial score (nSPS) is 20.6. The predicted octanol–water partition coefficient (Wildman–Crippen LogP) is 4.07. The molecule has 0 bridgehead atoms. The molecule has 0 fully saturated rings. The van der Waals surface area contributed by atoms with E-state index in [0.29, 0.717) is 6.92 Å². The van der Waals surface area contributed by atoms with Gasteiger partial charge in [-0.15, -0.1) is 0 Å². The minimum Gasteiger partial charge on any atom is -0.313 e. The maximum absolute atomic E-state index is 13.6. The lowest BCUT2D eigenvalue weighted by atomic mass is 9.83. The van der Waals surface area contributed by atoms with Crippen LogP contribution in [-0.4, -0.2) is 24.1 Å². The topological polar surface area (TPSA) is 9.23 Å². The Balaban J connectivity index is 5.17. The zero-order valence-corrected chi connectivity index (χ0v) is 9.17. The summed E-state index contributed by atoms with van der Waals surface area (Å²) >= 11 is 0. The van der Waals surface area contributed by atoms with Crippen molar-refractivity contribution >= 4 is 0 Å². The number of alkyl halides is 6. The lowest BCUT2D eigenvalue weighted by molar-refractivity contribution is -0.321. The molecule has 0 N–H and O–H groups in total. The molecule has 16 heavy (non-hydrogen) atoms. The van der Waals surface area contributed by atoms with Gasteiger partial charge in [0.15, 0.2) is 0 Å². The highest BCUT2D eigenvalue weighted by Crippen LogP contribution is 2.46. The minimum absolute atomic E-state index is 0.0960. The summed E-state index contributed by atoms with van der Waals surface area (Å²) in [6.45, 7) is -1.07. The first-order valence-corrected chi connectivity index (χ1v) is 4.69. The molecule has 0 aromatic heterocycles. The van der Waals surface area contributed by atoms with Crippen LogP contribution in [0.3, 0.4) is 0 Å². The van der Waals surface area contributed by atoms with E-state index in [-0.39, 0.29) is 13.3 Å². The molecule has 0 aromatic rings. The Morgan fingerprint density at radius 2 is 1.50 bits per heavy atom. The van der Waals surface area contributed by atoms with Gasteiger partial charge in [-0.05, 0) is 20.3 Å². The van der Waals surface area contributed by atoms with E-state index in [0.717, 1.165) is 0 Å². The van der Waals surface area contributed by atoms with Gasteiger partial charge in [-0.2, -0.15) is 22.0 Å². The molecule has 0 spiro atoms. The molecule has 0 saturated carbocycles. The summed E-state index contributed by atoms with van der Waals surface area (Å²) in [4.78, 5) is 0. The van der Waals surface area contributed by atoms with E-state index < -0.39 is 30.5 Å². The van der Waals surface area contributed by atoms with E-state index in [1.165, 1.54) is 6.92 Å². The van der Waals surface area contributed by atoms with Gasteiger partial charge in [-0.3, -0.25) is 0 Å². The van der Waals surface area contributed by atoms with Crippen LogP contribution < -0.4 is 0 Å². The fourth-order valence-electron chi connectivity index (χ4n) is 1.38. The van der Waals surface area contributed by atoms with E-state index in [4.69, 9.17) is 0 Å². The van der Waals surface area contributed by atoms with E-state index in [2.05, 4.69) is 4.74 Å². The Morgan fingerprint density at radius 3 is 1.75 bits per heavy atom. The van der Waals surface area contributed by atoms with Crippen LogP contribution in [-0.2, 0) is 4.74 Å². The number of ether oxygens (including phenoxy) is 1. The fourth-order valence-corrected chi connectivity index (χ4v) is 1.38. The molecule has 2 atom stereocenters. The monoisotopic (exact) mass is 252 g/mol. The first-order chi connectivity index (χ1) is 6.98. The molecule has 0 aliphatic rings. The smallest absolute Gasteiger partial charge is 0.313 e. The molecule has 0 aliphatic carbocycles. The first kappa shape index (κ1) is 15.5. The fraction of sp³-hybridized carbons (Fsp3) is 1.00. The summed E-state index contributed by atoms with van der Waals surface area (Å²) in [5, 5.41) is 0. The molecular weight excluding hydrogens is 238 g/mol. The van der Waals surface area contributed by atoms with Gasteiger partial charge < -0.3 is 4.74 Å². The van der Waals surface area contributed by atoms with Crippen molar-refractivity contribution < 1.29 is 31.1 Å². The van der Waals surface area contributed by atoms with E-state index >= 15 is 0 Å². The van der Waals surface area contributed by atoms with Crippen molar-refractivity contribution in [1.82, 2.24) is 0 Å². The Kier molecular flexibility index (Phi) is 4.67. The highest BCUT2D eigenvalue weighted by atomic mass is 19.4. The van der Waals surface area contributed by atoms with Gasteiger partial charge in [-0.25, -0.2) is 4.39 Å². The van der Waals surface area contributed by atoms with Gasteiger partial charge in [0.05, 0.1) is 0 Å². The standard InChI is InChI=1S/C9H14F6O/c1-4-5-7(2,16-6(10)11)8(3,12)9(13,14)15/h6H,4-5H2,1-3H3. The van der Waals surface area contributed by atoms with Gasteiger partial charge in [0.25, 0.3) is 0 Å². The van der Waals surface area contributed by atoms with Crippen LogP contribution in [0.5, 0.6) is 0 Å². The second kappa shape index (κ2) is 4.81. The highest BCUT2D eigenvalue weighted by molar-refractivity contribution is 5.00. The maximum atomic E-state index is 13.6. The summed E-state index contributed by atoms with van der Waals surface area (Å²) in [5.74, 6) is 0. The van der Waals surface area contributed by atoms with Crippen molar-refractivity contribution in [1.29, 1.82) is 0 Å². The van der Waals surface area contributed by atoms with Crippen molar-refractivity contribution in [3.05, 3.63) is 0 Å². The van der Waals surface area contributed by atoms with E-state index in [9.17, 15) is 26.3 Å². The van der Waals surface area contributed by atoms with Crippen LogP contribution in [0.15, 0.2) is 0 Å². The Hall–Kier alpha value is -0.460. The van der Waals surface area contributed by atoms with Crippen molar-refractivity contribution in [3.8, 4) is 0 Å².